The molecule has 1 fully saturated rings. The van der Waals surface area contributed by atoms with E-state index in [0.29, 0.717) is 11.3 Å². The molecule has 0 aliphatic carbocycles. The Balaban J connectivity index is 2.12. The van der Waals surface area contributed by atoms with Gasteiger partial charge in [0.05, 0.1) is 12.3 Å². The molecule has 0 bridgehead atoms. The molecule has 0 saturated carbocycles. The van der Waals surface area contributed by atoms with Gasteiger partial charge in [0, 0.05) is 12.6 Å². The second-order valence-electron chi connectivity index (χ2n) is 4.87. The number of aliphatic hydroxyl groups excluding tert-OH is 1. The van der Waals surface area contributed by atoms with Crippen molar-refractivity contribution in [1.29, 1.82) is 0 Å². The van der Waals surface area contributed by atoms with Crippen LogP contribution in [0.2, 0.25) is 0 Å². The van der Waals surface area contributed by atoms with E-state index in [4.69, 9.17) is 0 Å². The van der Waals surface area contributed by atoms with Gasteiger partial charge in [-0.15, -0.1) is 5.10 Å². The summed E-state index contributed by atoms with van der Waals surface area (Å²) in [4.78, 5) is 14.9. The molecule has 5 nitrogen and oxygen atoms in total. The first-order valence-corrected chi connectivity index (χ1v) is 7.22. The van der Waals surface area contributed by atoms with Crippen LogP contribution in [-0.4, -0.2) is 44.2 Å². The fourth-order valence-electron chi connectivity index (χ4n) is 2.49. The van der Waals surface area contributed by atoms with Crippen LogP contribution in [0.1, 0.15) is 48.7 Å². The number of hydrogen-bond acceptors (Lipinski definition) is 5. The van der Waals surface area contributed by atoms with Crippen LogP contribution in [0, 0.1) is 0 Å². The monoisotopic (exact) mass is 269 g/mol. The topological polar surface area (TPSA) is 66.3 Å². The number of carbonyl (C=O) groups excluding carboxylic acids is 1. The van der Waals surface area contributed by atoms with E-state index in [1.54, 1.807) is 6.92 Å². The number of aliphatic hydroxyl groups is 1. The first-order chi connectivity index (χ1) is 8.68. The van der Waals surface area contributed by atoms with Crippen LogP contribution in [0.4, 0.5) is 0 Å². The van der Waals surface area contributed by atoms with Crippen LogP contribution >= 0.6 is 11.5 Å². The highest BCUT2D eigenvalue weighted by atomic mass is 32.1. The van der Waals surface area contributed by atoms with Crippen LogP contribution in [0.25, 0.3) is 0 Å². The highest BCUT2D eigenvalue weighted by molar-refractivity contribution is 7.07. The summed E-state index contributed by atoms with van der Waals surface area (Å²) in [6.07, 6.45) is 6.10. The molecule has 1 aliphatic heterocycles. The van der Waals surface area contributed by atoms with E-state index in [1.165, 1.54) is 6.20 Å². The van der Waals surface area contributed by atoms with Crippen LogP contribution in [-0.2, 0) is 0 Å². The molecule has 6 heteroatoms. The number of hydrogen-bond donors (Lipinski definition) is 1. The summed E-state index contributed by atoms with van der Waals surface area (Å²) in [5, 5.41) is 13.3. The lowest BCUT2D eigenvalue weighted by Gasteiger charge is -2.30. The molecule has 0 radical (unpaired) electrons. The number of rotatable bonds is 3. The van der Waals surface area contributed by atoms with E-state index in [2.05, 4.69) is 9.59 Å². The predicted octanol–water partition coefficient (Wildman–Crippen LogP) is 1.69. The summed E-state index contributed by atoms with van der Waals surface area (Å²) in [7, 11) is 0. The Hall–Kier alpha value is -1.01. The summed E-state index contributed by atoms with van der Waals surface area (Å²) in [5.74, 6) is 0.0116. The van der Waals surface area contributed by atoms with E-state index in [-0.39, 0.29) is 18.1 Å². The third-order valence-electron chi connectivity index (χ3n) is 3.32. The van der Waals surface area contributed by atoms with Gasteiger partial charge in [0.25, 0.3) is 5.91 Å². The minimum absolute atomic E-state index is 0.0116. The Morgan fingerprint density at radius 1 is 1.61 bits per heavy atom. The third-order valence-corrected chi connectivity index (χ3v) is 3.98. The summed E-state index contributed by atoms with van der Waals surface area (Å²) < 4.78 is 3.74. The maximum atomic E-state index is 12.4. The maximum Gasteiger partial charge on any atom is 0.267 e. The number of amides is 1. The van der Waals surface area contributed by atoms with Crippen molar-refractivity contribution in [2.45, 2.75) is 51.2 Å². The van der Waals surface area contributed by atoms with Crippen molar-refractivity contribution in [3.63, 3.8) is 0 Å². The SMILES string of the molecule is CC(O)CC1CCCCCN1C(=O)c1cnns1. The Morgan fingerprint density at radius 2 is 2.44 bits per heavy atom. The standard InChI is InChI=1S/C12H19N3O2S/c1-9(16)7-10-5-3-2-4-6-15(10)12(17)11-8-13-14-18-11/h8-10,16H,2-7H2,1H3. The fraction of sp³-hybridized carbons (Fsp3) is 0.750. The largest absolute Gasteiger partial charge is 0.393 e. The summed E-state index contributed by atoms with van der Waals surface area (Å²) in [6, 6.07) is 0.141. The molecule has 0 aromatic carbocycles. The summed E-state index contributed by atoms with van der Waals surface area (Å²) >= 11 is 1.14. The predicted molar refractivity (Wildman–Crippen MR) is 69.5 cm³/mol. The van der Waals surface area contributed by atoms with E-state index >= 15 is 0 Å². The minimum Gasteiger partial charge on any atom is -0.393 e. The summed E-state index contributed by atoms with van der Waals surface area (Å²) in [6.45, 7) is 2.55. The zero-order chi connectivity index (χ0) is 13.0. The third kappa shape index (κ3) is 3.26. The smallest absolute Gasteiger partial charge is 0.267 e. The van der Waals surface area contributed by atoms with Crippen LogP contribution < -0.4 is 0 Å². The van der Waals surface area contributed by atoms with Crippen molar-refractivity contribution >= 4 is 17.4 Å². The Bertz CT molecular complexity index is 381. The molecule has 18 heavy (non-hydrogen) atoms. The van der Waals surface area contributed by atoms with Crippen LogP contribution in [0.15, 0.2) is 6.20 Å². The number of carbonyl (C=O) groups is 1. The molecule has 2 heterocycles. The highest BCUT2D eigenvalue weighted by Crippen LogP contribution is 2.23. The van der Waals surface area contributed by atoms with Crippen molar-refractivity contribution < 1.29 is 9.90 Å². The summed E-state index contributed by atoms with van der Waals surface area (Å²) in [5.41, 5.74) is 0. The lowest BCUT2D eigenvalue weighted by Crippen LogP contribution is -2.41. The van der Waals surface area contributed by atoms with Gasteiger partial charge in [-0.25, -0.2) is 0 Å². The second-order valence-corrected chi connectivity index (χ2v) is 5.65. The molecule has 1 aromatic heterocycles. The average Bonchev–Trinajstić information content (AvgIpc) is 2.76. The average molecular weight is 269 g/mol. The van der Waals surface area contributed by atoms with Gasteiger partial charge in [0.2, 0.25) is 0 Å². The Labute approximate surface area is 111 Å². The van der Waals surface area contributed by atoms with Crippen molar-refractivity contribution in [1.82, 2.24) is 14.5 Å². The van der Waals surface area contributed by atoms with Crippen molar-refractivity contribution in [2.75, 3.05) is 6.54 Å². The molecule has 1 aliphatic rings. The Morgan fingerprint density at radius 3 is 3.11 bits per heavy atom. The van der Waals surface area contributed by atoms with Crippen molar-refractivity contribution in [3.05, 3.63) is 11.1 Å². The van der Waals surface area contributed by atoms with Crippen LogP contribution in [0.5, 0.6) is 0 Å². The number of nitrogens with zero attached hydrogens (tertiary/aromatic N) is 3. The molecule has 1 aromatic rings. The Kier molecular flexibility index (Phi) is 4.66. The van der Waals surface area contributed by atoms with Gasteiger partial charge < -0.3 is 10.0 Å². The number of likely N-dealkylation sites (tertiary alicyclic amines) is 1. The molecular formula is C12H19N3O2S. The van der Waals surface area contributed by atoms with Crippen LogP contribution in [0.3, 0.4) is 0 Å². The van der Waals surface area contributed by atoms with E-state index in [1.807, 2.05) is 4.90 Å². The van der Waals surface area contributed by atoms with E-state index < -0.39 is 0 Å². The maximum absolute atomic E-state index is 12.4. The number of aromatic nitrogens is 2. The van der Waals surface area contributed by atoms with Gasteiger partial charge in [0.15, 0.2) is 0 Å². The van der Waals surface area contributed by atoms with Gasteiger partial charge in [-0.1, -0.05) is 17.3 Å². The molecule has 2 atom stereocenters. The van der Waals surface area contributed by atoms with Gasteiger partial charge in [0.1, 0.15) is 4.88 Å². The van der Waals surface area contributed by atoms with Gasteiger partial charge in [-0.05, 0) is 37.7 Å². The lowest BCUT2D eigenvalue weighted by atomic mass is 10.0. The van der Waals surface area contributed by atoms with Gasteiger partial charge in [-0.2, -0.15) is 0 Å². The highest BCUT2D eigenvalue weighted by Gasteiger charge is 2.28. The molecule has 1 N–H and O–H groups in total. The molecule has 1 saturated heterocycles. The zero-order valence-electron chi connectivity index (χ0n) is 10.6. The minimum atomic E-state index is -0.372. The fourth-order valence-corrected chi connectivity index (χ4v) is 2.96. The molecule has 1 amide bonds. The van der Waals surface area contributed by atoms with Gasteiger partial charge in [-0.3, -0.25) is 4.79 Å². The molecule has 2 unspecified atom stereocenters. The molecule has 0 spiro atoms. The molecule has 100 valence electrons. The first-order valence-electron chi connectivity index (χ1n) is 6.45. The van der Waals surface area contributed by atoms with E-state index in [9.17, 15) is 9.90 Å². The normalized spacial score (nSPS) is 22.6. The van der Waals surface area contributed by atoms with Crippen molar-refractivity contribution in [2.24, 2.45) is 0 Å². The van der Waals surface area contributed by atoms with Gasteiger partial charge >= 0.3 is 0 Å². The zero-order valence-corrected chi connectivity index (χ0v) is 11.4. The quantitative estimate of drug-likeness (QED) is 0.907. The molecule has 2 rings (SSSR count). The molecular weight excluding hydrogens is 250 g/mol. The lowest BCUT2D eigenvalue weighted by molar-refractivity contribution is 0.0612. The van der Waals surface area contributed by atoms with E-state index in [0.717, 1.165) is 43.8 Å². The second kappa shape index (κ2) is 6.24. The first kappa shape index (κ1) is 13.4. The van der Waals surface area contributed by atoms with Crippen molar-refractivity contribution in [3.8, 4) is 0 Å².